The molecule has 0 spiro atoms. The van der Waals surface area contributed by atoms with Crippen molar-refractivity contribution in [1.29, 1.82) is 0 Å². The average Bonchev–Trinajstić information content (AvgIpc) is 3.13. The number of para-hydroxylation sites is 1. The molecule has 0 saturated carbocycles. The van der Waals surface area contributed by atoms with Gasteiger partial charge in [-0.25, -0.2) is 4.79 Å². The minimum Gasteiger partial charge on any atom is -0.478 e. The molecule has 26 heavy (non-hydrogen) atoms. The number of hydrogen-bond acceptors (Lipinski definition) is 3. The maximum Gasteiger partial charge on any atom is 0.337 e. The number of benzene rings is 1. The molecule has 3 aromatic rings. The number of carboxylic acid groups (broad SMARTS) is 1. The summed E-state index contributed by atoms with van der Waals surface area (Å²) in [7, 11) is 0.687. The highest BCUT2D eigenvalue weighted by atomic mass is 28.3. The van der Waals surface area contributed by atoms with Crippen molar-refractivity contribution in [2.45, 2.75) is 32.4 Å². The average molecular weight is 372 g/mol. The largest absolute Gasteiger partial charge is 0.478 e. The van der Waals surface area contributed by atoms with Crippen LogP contribution in [0, 0.1) is 0 Å². The van der Waals surface area contributed by atoms with E-state index < -0.39 is 14.0 Å². The van der Waals surface area contributed by atoms with Gasteiger partial charge in [-0.3, -0.25) is 4.68 Å². The summed E-state index contributed by atoms with van der Waals surface area (Å²) >= 11 is 0. The predicted molar refractivity (Wildman–Crippen MR) is 105 cm³/mol. The third-order valence-corrected chi connectivity index (χ3v) is 6.07. The Hall–Kier alpha value is -2.38. The molecular formula is C19H25N3O3Si. The summed E-state index contributed by atoms with van der Waals surface area (Å²) in [4.78, 5) is 11.7. The highest BCUT2D eigenvalue weighted by Gasteiger charge is 2.18. The lowest BCUT2D eigenvalue weighted by Gasteiger charge is -2.17. The second-order valence-electron chi connectivity index (χ2n) is 7.76. The van der Waals surface area contributed by atoms with E-state index in [4.69, 9.17) is 4.74 Å². The van der Waals surface area contributed by atoms with Gasteiger partial charge in [0.2, 0.25) is 0 Å². The van der Waals surface area contributed by atoms with Gasteiger partial charge in [0.25, 0.3) is 0 Å². The third kappa shape index (κ3) is 3.89. The Morgan fingerprint density at radius 1 is 1.31 bits per heavy atom. The minimum atomic E-state index is -1.18. The van der Waals surface area contributed by atoms with Crippen LogP contribution in [0.2, 0.25) is 25.7 Å². The number of carbonyl (C=O) groups is 1. The van der Waals surface area contributed by atoms with Crippen molar-refractivity contribution in [2.75, 3.05) is 6.61 Å². The highest BCUT2D eigenvalue weighted by molar-refractivity contribution is 6.76. The summed E-state index contributed by atoms with van der Waals surface area (Å²) in [5.74, 6) is -0.935. The van der Waals surface area contributed by atoms with Gasteiger partial charge in [0.15, 0.2) is 0 Å². The lowest BCUT2D eigenvalue weighted by atomic mass is 10.1. The van der Waals surface area contributed by atoms with E-state index in [9.17, 15) is 9.90 Å². The first-order valence-electron chi connectivity index (χ1n) is 8.68. The quantitative estimate of drug-likeness (QED) is 0.502. The van der Waals surface area contributed by atoms with Crippen molar-refractivity contribution < 1.29 is 14.6 Å². The molecule has 138 valence electrons. The first-order chi connectivity index (χ1) is 12.3. The fourth-order valence-corrected chi connectivity index (χ4v) is 3.71. The smallest absolute Gasteiger partial charge is 0.337 e. The third-order valence-electron chi connectivity index (χ3n) is 4.37. The van der Waals surface area contributed by atoms with E-state index in [1.807, 2.05) is 29.9 Å². The molecule has 0 unspecified atom stereocenters. The fourth-order valence-electron chi connectivity index (χ4n) is 2.96. The molecule has 0 bridgehead atoms. The van der Waals surface area contributed by atoms with Crippen LogP contribution in [0.15, 0.2) is 36.7 Å². The number of hydrogen-bond donors (Lipinski definition) is 1. The molecule has 2 heterocycles. The van der Waals surface area contributed by atoms with Crippen LogP contribution in [0.5, 0.6) is 0 Å². The van der Waals surface area contributed by atoms with E-state index in [1.165, 1.54) is 0 Å². The molecule has 0 fully saturated rings. The number of aromatic carboxylic acids is 1. The van der Waals surface area contributed by atoms with Gasteiger partial charge < -0.3 is 14.4 Å². The van der Waals surface area contributed by atoms with Crippen molar-refractivity contribution in [3.05, 3.63) is 42.2 Å². The second kappa shape index (κ2) is 7.09. The highest BCUT2D eigenvalue weighted by Crippen LogP contribution is 2.30. The summed E-state index contributed by atoms with van der Waals surface area (Å²) < 4.78 is 9.63. The Morgan fingerprint density at radius 3 is 2.69 bits per heavy atom. The molecule has 0 aliphatic rings. The normalized spacial score (nSPS) is 12.0. The van der Waals surface area contributed by atoms with Gasteiger partial charge in [-0.15, -0.1) is 0 Å². The summed E-state index contributed by atoms with van der Waals surface area (Å²) in [5, 5.41) is 14.7. The van der Waals surface area contributed by atoms with Gasteiger partial charge in [0.05, 0.1) is 23.0 Å². The molecule has 1 N–H and O–H groups in total. The topological polar surface area (TPSA) is 69.3 Å². The van der Waals surface area contributed by atoms with Crippen molar-refractivity contribution >= 4 is 24.9 Å². The molecule has 2 aromatic heterocycles. The van der Waals surface area contributed by atoms with Crippen LogP contribution in [0.3, 0.4) is 0 Å². The number of carboxylic acids is 1. The lowest BCUT2D eigenvalue weighted by molar-refractivity contribution is 0.0696. The Kier molecular flexibility index (Phi) is 5.02. The number of aromatic nitrogens is 3. The minimum absolute atomic E-state index is 0.284. The molecule has 0 radical (unpaired) electrons. The van der Waals surface area contributed by atoms with Crippen molar-refractivity contribution in [1.82, 2.24) is 14.3 Å². The van der Waals surface area contributed by atoms with Crippen LogP contribution < -0.4 is 0 Å². The van der Waals surface area contributed by atoms with Crippen LogP contribution in [-0.2, 0) is 18.5 Å². The zero-order valence-electron chi connectivity index (χ0n) is 15.7. The molecule has 1 aromatic carbocycles. The molecule has 3 rings (SSSR count). The van der Waals surface area contributed by atoms with Gasteiger partial charge in [-0.2, -0.15) is 5.10 Å². The molecule has 0 saturated heterocycles. The van der Waals surface area contributed by atoms with E-state index in [-0.39, 0.29) is 5.56 Å². The van der Waals surface area contributed by atoms with Crippen molar-refractivity contribution in [2.24, 2.45) is 7.05 Å². The summed E-state index contributed by atoms with van der Waals surface area (Å²) in [6.07, 6.45) is 3.71. The second-order valence-corrected chi connectivity index (χ2v) is 13.4. The maximum atomic E-state index is 11.7. The maximum absolute atomic E-state index is 11.7. The van der Waals surface area contributed by atoms with Crippen LogP contribution in [0.4, 0.5) is 0 Å². The van der Waals surface area contributed by atoms with E-state index in [0.29, 0.717) is 18.9 Å². The van der Waals surface area contributed by atoms with Gasteiger partial charge >= 0.3 is 5.97 Å². The van der Waals surface area contributed by atoms with Crippen molar-refractivity contribution in [3.63, 3.8) is 0 Å². The first-order valence-corrected chi connectivity index (χ1v) is 12.4. The van der Waals surface area contributed by atoms with Crippen LogP contribution >= 0.6 is 0 Å². The fraction of sp³-hybridized carbons (Fsp3) is 0.368. The Balaban J connectivity index is 2.02. The number of aryl methyl sites for hydroxylation is 1. The SMILES string of the molecule is Cn1cc(-c2cc3cccc(C(=O)O)c3n2COCC[Si](C)(C)C)cn1. The van der Waals surface area contributed by atoms with E-state index in [2.05, 4.69) is 24.7 Å². The van der Waals surface area contributed by atoms with Gasteiger partial charge in [0, 0.05) is 38.9 Å². The number of fused-ring (bicyclic) bond motifs is 1. The zero-order valence-corrected chi connectivity index (χ0v) is 16.7. The number of ether oxygens (including phenoxy) is 1. The van der Waals surface area contributed by atoms with Gasteiger partial charge in [-0.1, -0.05) is 31.8 Å². The van der Waals surface area contributed by atoms with Gasteiger partial charge in [-0.05, 0) is 18.2 Å². The molecule has 0 aliphatic carbocycles. The monoisotopic (exact) mass is 371 g/mol. The molecular weight excluding hydrogens is 346 g/mol. The molecule has 0 aliphatic heterocycles. The van der Waals surface area contributed by atoms with E-state index in [1.54, 1.807) is 23.0 Å². The molecule has 0 atom stereocenters. The summed E-state index contributed by atoms with van der Waals surface area (Å²) in [6, 6.07) is 8.41. The van der Waals surface area contributed by atoms with E-state index in [0.717, 1.165) is 22.7 Å². The predicted octanol–water partition coefficient (Wildman–Crippen LogP) is 4.05. The Morgan fingerprint density at radius 2 is 2.08 bits per heavy atom. The van der Waals surface area contributed by atoms with Gasteiger partial charge in [0.1, 0.15) is 6.73 Å². The molecule has 7 heteroatoms. The molecule has 6 nitrogen and oxygen atoms in total. The summed E-state index contributed by atoms with van der Waals surface area (Å²) in [5.41, 5.74) is 2.82. The first kappa shape index (κ1) is 18.4. The Bertz CT molecular complexity index is 937. The number of rotatable bonds is 7. The van der Waals surface area contributed by atoms with Crippen LogP contribution in [0.25, 0.3) is 22.2 Å². The lowest BCUT2D eigenvalue weighted by Crippen LogP contribution is -2.22. The standard InChI is InChI=1S/C19H25N3O3Si/c1-21-12-15(11-20-21)17-10-14-6-5-7-16(19(23)24)18(14)22(17)13-25-8-9-26(2,3)4/h5-7,10-12H,8-9,13H2,1-4H3,(H,23,24). The number of nitrogens with zero attached hydrogens (tertiary/aromatic N) is 3. The van der Waals surface area contributed by atoms with Crippen LogP contribution in [-0.4, -0.2) is 40.1 Å². The van der Waals surface area contributed by atoms with Crippen LogP contribution in [0.1, 0.15) is 10.4 Å². The Labute approximate surface area is 154 Å². The molecule has 0 amide bonds. The van der Waals surface area contributed by atoms with E-state index >= 15 is 0 Å². The zero-order chi connectivity index (χ0) is 18.9. The summed E-state index contributed by atoms with van der Waals surface area (Å²) in [6.45, 7) is 7.93. The van der Waals surface area contributed by atoms with Crippen molar-refractivity contribution in [3.8, 4) is 11.3 Å².